The molecule has 0 spiro atoms. The second-order valence-corrected chi connectivity index (χ2v) is 7.40. The summed E-state index contributed by atoms with van der Waals surface area (Å²) in [6, 6.07) is 10.0. The van der Waals surface area contributed by atoms with Crippen molar-refractivity contribution in [3.8, 4) is 0 Å². The van der Waals surface area contributed by atoms with Crippen molar-refractivity contribution >= 4 is 57.5 Å². The number of carbonyl (C=O) groups is 1. The largest absolute Gasteiger partial charge is 0.357 e. The number of nitrogens with one attached hydrogen (secondary N) is 2. The minimum Gasteiger partial charge on any atom is -0.357 e. The summed E-state index contributed by atoms with van der Waals surface area (Å²) in [5.41, 5.74) is 3.22. The highest BCUT2D eigenvalue weighted by Crippen LogP contribution is 2.15. The molecule has 0 saturated carbocycles. The van der Waals surface area contributed by atoms with E-state index in [0.29, 0.717) is 6.54 Å². The van der Waals surface area contributed by atoms with E-state index >= 15 is 0 Å². The first-order chi connectivity index (χ1) is 12.9. The molecule has 0 radical (unpaired) electrons. The maximum absolute atomic E-state index is 11.1. The van der Waals surface area contributed by atoms with Crippen molar-refractivity contribution in [2.45, 2.75) is 26.8 Å². The van der Waals surface area contributed by atoms with Crippen LogP contribution in [0.1, 0.15) is 25.1 Å². The number of carbonyl (C=O) groups excluding carboxylic acids is 1. The van der Waals surface area contributed by atoms with Gasteiger partial charge in [-0.25, -0.2) is 0 Å². The molecule has 0 saturated heterocycles. The van der Waals surface area contributed by atoms with Crippen LogP contribution in [0.3, 0.4) is 0 Å². The van der Waals surface area contributed by atoms with E-state index in [1.807, 2.05) is 38.4 Å². The van der Waals surface area contributed by atoms with Crippen molar-refractivity contribution in [1.82, 2.24) is 14.8 Å². The molecule has 1 heterocycles. The zero-order chi connectivity index (χ0) is 19.8. The van der Waals surface area contributed by atoms with Crippen LogP contribution in [0.5, 0.6) is 0 Å². The van der Waals surface area contributed by atoms with Gasteiger partial charge in [0.05, 0.1) is 6.54 Å². The topological polar surface area (TPSA) is 61.7 Å². The molecule has 2 N–H and O–H groups in total. The number of halogens is 2. The lowest BCUT2D eigenvalue weighted by Crippen LogP contribution is -2.39. The first-order valence-electron chi connectivity index (χ1n) is 9.05. The van der Waals surface area contributed by atoms with Crippen molar-refractivity contribution in [3.05, 3.63) is 52.3 Å². The molecule has 1 aromatic heterocycles. The Morgan fingerprint density at radius 1 is 1.29 bits per heavy atom. The Labute approximate surface area is 192 Å². The number of aromatic nitrogens is 1. The molecule has 0 aliphatic carbocycles. The Morgan fingerprint density at radius 2 is 1.96 bits per heavy atom. The lowest BCUT2D eigenvalue weighted by atomic mass is 10.1. The van der Waals surface area contributed by atoms with Gasteiger partial charge in [0.25, 0.3) is 0 Å². The number of guanidine groups is 1. The highest BCUT2D eigenvalue weighted by molar-refractivity contribution is 14.0. The molecule has 0 aliphatic rings. The zero-order valence-electron chi connectivity index (χ0n) is 16.8. The molecule has 2 rings (SSSR count). The Morgan fingerprint density at radius 3 is 2.50 bits per heavy atom. The zero-order valence-corrected chi connectivity index (χ0v) is 20.7. The number of aliphatic imine (C=N–C) groups is 1. The van der Waals surface area contributed by atoms with Crippen LogP contribution in [0.2, 0.25) is 0 Å². The average molecular weight is 562 g/mol. The quantitative estimate of drug-likeness (QED) is 0.305. The summed E-state index contributed by atoms with van der Waals surface area (Å²) in [7, 11) is 4.09. The summed E-state index contributed by atoms with van der Waals surface area (Å²) < 4.78 is 3.19. The minimum atomic E-state index is -0.0593. The van der Waals surface area contributed by atoms with Crippen LogP contribution < -0.4 is 10.6 Å². The van der Waals surface area contributed by atoms with Crippen LogP contribution in [0.4, 0.5) is 5.69 Å². The highest BCUT2D eigenvalue weighted by Gasteiger charge is 2.09. The van der Waals surface area contributed by atoms with Gasteiger partial charge in [0.1, 0.15) is 0 Å². The van der Waals surface area contributed by atoms with Crippen molar-refractivity contribution in [2.75, 3.05) is 25.5 Å². The van der Waals surface area contributed by atoms with Gasteiger partial charge in [-0.3, -0.25) is 9.79 Å². The van der Waals surface area contributed by atoms with Crippen LogP contribution in [0.15, 0.2) is 46.0 Å². The number of hydrogen-bond acceptors (Lipinski definition) is 2. The number of benzene rings is 1. The van der Waals surface area contributed by atoms with Crippen molar-refractivity contribution in [1.29, 1.82) is 0 Å². The van der Waals surface area contributed by atoms with Gasteiger partial charge >= 0.3 is 0 Å². The van der Waals surface area contributed by atoms with E-state index in [0.717, 1.165) is 35.6 Å². The van der Waals surface area contributed by atoms with Gasteiger partial charge in [0.2, 0.25) is 5.91 Å². The highest BCUT2D eigenvalue weighted by atomic mass is 127. The van der Waals surface area contributed by atoms with Crippen LogP contribution in [0, 0.1) is 0 Å². The second kappa shape index (κ2) is 12.1. The first kappa shape index (κ1) is 24.5. The van der Waals surface area contributed by atoms with Gasteiger partial charge in [-0.05, 0) is 53.0 Å². The fraction of sp³-hybridized carbons (Fsp3) is 0.400. The molecule has 0 fully saturated rings. The van der Waals surface area contributed by atoms with Crippen LogP contribution >= 0.6 is 39.9 Å². The SMILES string of the molecule is CCNC(=NCCc1ccc(NC(C)=O)cc1)N(C)Cc1cc(Br)cn1C.I. The summed E-state index contributed by atoms with van der Waals surface area (Å²) in [4.78, 5) is 18.0. The maximum Gasteiger partial charge on any atom is 0.221 e. The third-order valence-corrected chi connectivity index (χ3v) is 4.54. The molecule has 154 valence electrons. The van der Waals surface area contributed by atoms with Gasteiger partial charge < -0.3 is 20.1 Å². The molecule has 6 nitrogen and oxygen atoms in total. The molecule has 1 aromatic carbocycles. The molecular formula is C20H29BrIN5O. The number of rotatable bonds is 7. The van der Waals surface area contributed by atoms with E-state index in [1.54, 1.807) is 0 Å². The second-order valence-electron chi connectivity index (χ2n) is 6.48. The standard InChI is InChI=1S/C20H28BrN5O.HI/c1-5-22-20(26(4)14-19-12-17(21)13-25(19)3)23-11-10-16-6-8-18(9-7-16)24-15(2)27;/h6-9,12-13H,5,10-11,14H2,1-4H3,(H,22,23)(H,24,27);1H. The van der Waals surface area contributed by atoms with Crippen LogP contribution in [0.25, 0.3) is 0 Å². The number of nitrogens with zero attached hydrogens (tertiary/aromatic N) is 3. The molecule has 0 bridgehead atoms. The summed E-state index contributed by atoms with van der Waals surface area (Å²) >= 11 is 3.52. The predicted octanol–water partition coefficient (Wildman–Crippen LogP) is 4.00. The van der Waals surface area contributed by atoms with E-state index in [9.17, 15) is 4.79 Å². The molecule has 1 amide bonds. The third kappa shape index (κ3) is 7.83. The van der Waals surface area contributed by atoms with E-state index in [1.165, 1.54) is 18.2 Å². The fourth-order valence-electron chi connectivity index (χ4n) is 2.76. The normalized spacial score (nSPS) is 11.0. The molecule has 8 heteroatoms. The average Bonchev–Trinajstić information content (AvgIpc) is 2.92. The summed E-state index contributed by atoms with van der Waals surface area (Å²) in [5.74, 6) is 0.834. The third-order valence-electron chi connectivity index (χ3n) is 4.11. The lowest BCUT2D eigenvalue weighted by Gasteiger charge is -2.22. The molecule has 0 unspecified atom stereocenters. The maximum atomic E-state index is 11.1. The number of amides is 1. The van der Waals surface area contributed by atoms with Gasteiger partial charge in [0, 0.05) is 56.2 Å². The molecular weight excluding hydrogens is 533 g/mol. The van der Waals surface area contributed by atoms with E-state index in [2.05, 4.69) is 55.2 Å². The minimum absolute atomic E-state index is 0. The van der Waals surface area contributed by atoms with Crippen molar-refractivity contribution in [3.63, 3.8) is 0 Å². The van der Waals surface area contributed by atoms with Gasteiger partial charge in [-0.1, -0.05) is 12.1 Å². The van der Waals surface area contributed by atoms with E-state index in [-0.39, 0.29) is 29.9 Å². The van der Waals surface area contributed by atoms with E-state index in [4.69, 9.17) is 4.99 Å². The van der Waals surface area contributed by atoms with Crippen LogP contribution in [-0.4, -0.2) is 41.5 Å². The summed E-state index contributed by atoms with van der Waals surface area (Å²) in [6.07, 6.45) is 2.90. The number of anilines is 1. The number of hydrogen-bond donors (Lipinski definition) is 2. The Hall–Kier alpha value is -1.55. The van der Waals surface area contributed by atoms with E-state index < -0.39 is 0 Å². The van der Waals surface area contributed by atoms with Crippen molar-refractivity contribution in [2.24, 2.45) is 12.0 Å². The number of aryl methyl sites for hydroxylation is 1. The molecule has 0 aliphatic heterocycles. The fourth-order valence-corrected chi connectivity index (χ4v) is 3.33. The Kier molecular flexibility index (Phi) is 10.6. The predicted molar refractivity (Wildman–Crippen MR) is 130 cm³/mol. The van der Waals surface area contributed by atoms with Crippen LogP contribution in [-0.2, 0) is 24.8 Å². The summed E-state index contributed by atoms with van der Waals surface area (Å²) in [6.45, 7) is 5.88. The Balaban J connectivity index is 0.00000392. The van der Waals surface area contributed by atoms with Crippen molar-refractivity contribution < 1.29 is 4.79 Å². The monoisotopic (exact) mass is 561 g/mol. The lowest BCUT2D eigenvalue weighted by molar-refractivity contribution is -0.114. The molecule has 28 heavy (non-hydrogen) atoms. The van der Waals surface area contributed by atoms with Gasteiger partial charge in [0.15, 0.2) is 5.96 Å². The molecule has 2 aromatic rings. The smallest absolute Gasteiger partial charge is 0.221 e. The van der Waals surface area contributed by atoms with Gasteiger partial charge in [-0.15, -0.1) is 24.0 Å². The molecule has 0 atom stereocenters. The first-order valence-corrected chi connectivity index (χ1v) is 9.85. The van der Waals surface area contributed by atoms with Gasteiger partial charge in [-0.2, -0.15) is 0 Å². The Bertz CT molecular complexity index is 788. The summed E-state index contributed by atoms with van der Waals surface area (Å²) in [5, 5.41) is 6.13.